The van der Waals surface area contributed by atoms with Crippen molar-refractivity contribution in [1.82, 2.24) is 9.55 Å². The van der Waals surface area contributed by atoms with Crippen molar-refractivity contribution in [2.24, 2.45) is 0 Å². The van der Waals surface area contributed by atoms with Gasteiger partial charge in [-0.25, -0.2) is 4.98 Å². The first-order valence-corrected chi connectivity index (χ1v) is 4.80. The standard InChI is InChI=1S/C12H18N2/c1-6-7-8-14-10(2)13-9-11(14)12(3,4)5/h6-9H,1H2,2-5H3/b8-7-. The van der Waals surface area contributed by atoms with Crippen LogP contribution in [0, 0.1) is 6.92 Å². The van der Waals surface area contributed by atoms with Crippen LogP contribution in [0.3, 0.4) is 0 Å². The van der Waals surface area contributed by atoms with Crippen LogP contribution in [0.25, 0.3) is 6.20 Å². The number of rotatable bonds is 2. The number of imidazole rings is 1. The maximum atomic E-state index is 4.31. The highest BCUT2D eigenvalue weighted by Crippen LogP contribution is 2.23. The van der Waals surface area contributed by atoms with Crippen LogP contribution < -0.4 is 0 Å². The van der Waals surface area contributed by atoms with E-state index in [4.69, 9.17) is 0 Å². The van der Waals surface area contributed by atoms with Crippen molar-refractivity contribution in [3.63, 3.8) is 0 Å². The van der Waals surface area contributed by atoms with Gasteiger partial charge in [-0.05, 0) is 13.0 Å². The van der Waals surface area contributed by atoms with Gasteiger partial charge in [-0.3, -0.25) is 0 Å². The molecule has 0 atom stereocenters. The average molecular weight is 190 g/mol. The molecule has 14 heavy (non-hydrogen) atoms. The van der Waals surface area contributed by atoms with E-state index in [1.54, 1.807) is 6.08 Å². The van der Waals surface area contributed by atoms with E-state index in [2.05, 4.69) is 36.9 Å². The average Bonchev–Trinajstić information content (AvgIpc) is 2.42. The van der Waals surface area contributed by atoms with Gasteiger partial charge in [-0.1, -0.05) is 33.4 Å². The van der Waals surface area contributed by atoms with E-state index >= 15 is 0 Å². The molecule has 2 nitrogen and oxygen atoms in total. The van der Waals surface area contributed by atoms with Crippen LogP contribution in [0.4, 0.5) is 0 Å². The normalized spacial score (nSPS) is 12.3. The van der Waals surface area contributed by atoms with Gasteiger partial charge in [0.15, 0.2) is 0 Å². The van der Waals surface area contributed by atoms with Gasteiger partial charge in [0.25, 0.3) is 0 Å². The van der Waals surface area contributed by atoms with Crippen LogP contribution in [0.15, 0.2) is 24.9 Å². The number of nitrogens with zero attached hydrogens (tertiary/aromatic N) is 2. The van der Waals surface area contributed by atoms with Gasteiger partial charge in [0.2, 0.25) is 0 Å². The van der Waals surface area contributed by atoms with Gasteiger partial charge in [-0.2, -0.15) is 0 Å². The topological polar surface area (TPSA) is 17.8 Å². The van der Waals surface area contributed by atoms with Crippen molar-refractivity contribution >= 4 is 6.20 Å². The fourth-order valence-corrected chi connectivity index (χ4v) is 1.34. The summed E-state index contributed by atoms with van der Waals surface area (Å²) in [5.74, 6) is 1.01. The van der Waals surface area contributed by atoms with E-state index in [-0.39, 0.29) is 5.41 Å². The molecular weight excluding hydrogens is 172 g/mol. The summed E-state index contributed by atoms with van der Waals surface area (Å²) in [5, 5.41) is 0. The molecule has 0 saturated heterocycles. The lowest BCUT2D eigenvalue weighted by molar-refractivity contribution is 0.559. The summed E-state index contributed by atoms with van der Waals surface area (Å²) in [7, 11) is 0. The van der Waals surface area contributed by atoms with E-state index in [1.165, 1.54) is 5.69 Å². The van der Waals surface area contributed by atoms with Crippen molar-refractivity contribution in [3.05, 3.63) is 36.4 Å². The van der Waals surface area contributed by atoms with Crippen LogP contribution >= 0.6 is 0 Å². The molecule has 0 radical (unpaired) electrons. The minimum Gasteiger partial charge on any atom is -0.307 e. The molecule has 0 unspecified atom stereocenters. The first kappa shape index (κ1) is 10.8. The number of allylic oxidation sites excluding steroid dienone is 2. The molecule has 0 aromatic carbocycles. The maximum Gasteiger partial charge on any atom is 0.109 e. The molecule has 0 N–H and O–H groups in total. The molecule has 0 bridgehead atoms. The largest absolute Gasteiger partial charge is 0.307 e. The van der Waals surface area contributed by atoms with Gasteiger partial charge in [-0.15, -0.1) is 0 Å². The van der Waals surface area contributed by atoms with Crippen LogP contribution in [0.2, 0.25) is 0 Å². The minimum absolute atomic E-state index is 0.118. The Morgan fingerprint density at radius 2 is 2.07 bits per heavy atom. The molecule has 1 rings (SSSR count). The Kier molecular flexibility index (Phi) is 2.94. The molecule has 1 aromatic rings. The molecule has 0 fully saturated rings. The zero-order valence-corrected chi connectivity index (χ0v) is 9.41. The monoisotopic (exact) mass is 190 g/mol. The predicted octanol–water partition coefficient (Wildman–Crippen LogP) is 3.15. The number of aromatic nitrogens is 2. The lowest BCUT2D eigenvalue weighted by atomic mass is 9.93. The second kappa shape index (κ2) is 3.82. The van der Waals surface area contributed by atoms with E-state index in [1.807, 2.05) is 25.4 Å². The van der Waals surface area contributed by atoms with Crippen LogP contribution in [-0.2, 0) is 5.41 Å². The fraction of sp³-hybridized carbons (Fsp3) is 0.417. The van der Waals surface area contributed by atoms with Gasteiger partial charge in [0, 0.05) is 23.5 Å². The molecular formula is C12H18N2. The van der Waals surface area contributed by atoms with E-state index in [9.17, 15) is 0 Å². The molecule has 0 amide bonds. The molecule has 0 aliphatic carbocycles. The summed E-state index contributed by atoms with van der Waals surface area (Å²) in [5.41, 5.74) is 1.33. The Hall–Kier alpha value is -1.31. The van der Waals surface area contributed by atoms with E-state index < -0.39 is 0 Å². The van der Waals surface area contributed by atoms with Gasteiger partial charge in [0.05, 0.1) is 0 Å². The second-order valence-corrected chi connectivity index (χ2v) is 4.39. The number of hydrogen-bond donors (Lipinski definition) is 0. The SMILES string of the molecule is C=C/C=C\n1c(C(C)(C)C)cnc1C. The van der Waals surface area contributed by atoms with Crippen molar-refractivity contribution in [2.45, 2.75) is 33.1 Å². The third kappa shape index (κ3) is 2.13. The Morgan fingerprint density at radius 3 is 2.57 bits per heavy atom. The highest BCUT2D eigenvalue weighted by Gasteiger charge is 2.18. The van der Waals surface area contributed by atoms with Gasteiger partial charge in [0.1, 0.15) is 5.82 Å². The fourth-order valence-electron chi connectivity index (χ4n) is 1.34. The van der Waals surface area contributed by atoms with Crippen molar-refractivity contribution < 1.29 is 0 Å². The summed E-state index contributed by atoms with van der Waals surface area (Å²) in [6.45, 7) is 12.2. The molecule has 1 heterocycles. The summed E-state index contributed by atoms with van der Waals surface area (Å²) < 4.78 is 2.10. The molecule has 76 valence electrons. The van der Waals surface area contributed by atoms with Gasteiger partial charge >= 0.3 is 0 Å². The summed E-state index contributed by atoms with van der Waals surface area (Å²) in [6.07, 6.45) is 7.62. The Bertz CT molecular complexity index is 351. The minimum atomic E-state index is 0.118. The number of hydrogen-bond acceptors (Lipinski definition) is 1. The quantitative estimate of drug-likeness (QED) is 0.655. The summed E-state index contributed by atoms with van der Waals surface area (Å²) >= 11 is 0. The Balaban J connectivity index is 3.19. The molecule has 2 heteroatoms. The summed E-state index contributed by atoms with van der Waals surface area (Å²) in [4.78, 5) is 4.31. The van der Waals surface area contributed by atoms with Crippen molar-refractivity contribution in [1.29, 1.82) is 0 Å². The van der Waals surface area contributed by atoms with Crippen LogP contribution in [-0.4, -0.2) is 9.55 Å². The molecule has 0 saturated carbocycles. The second-order valence-electron chi connectivity index (χ2n) is 4.39. The molecule has 1 aromatic heterocycles. The van der Waals surface area contributed by atoms with E-state index in [0.717, 1.165) is 5.82 Å². The highest BCUT2D eigenvalue weighted by molar-refractivity contribution is 5.34. The van der Waals surface area contributed by atoms with E-state index in [0.29, 0.717) is 0 Å². The molecule has 0 spiro atoms. The molecule has 0 aliphatic heterocycles. The van der Waals surface area contributed by atoms with Crippen LogP contribution in [0.5, 0.6) is 0 Å². The van der Waals surface area contributed by atoms with Crippen molar-refractivity contribution in [3.8, 4) is 0 Å². The zero-order valence-electron chi connectivity index (χ0n) is 9.41. The zero-order chi connectivity index (χ0) is 10.8. The summed E-state index contributed by atoms with van der Waals surface area (Å²) in [6, 6.07) is 0. The predicted molar refractivity (Wildman–Crippen MR) is 61.2 cm³/mol. The smallest absolute Gasteiger partial charge is 0.109 e. The third-order valence-electron chi connectivity index (χ3n) is 2.12. The van der Waals surface area contributed by atoms with Gasteiger partial charge < -0.3 is 4.57 Å². The van der Waals surface area contributed by atoms with Crippen molar-refractivity contribution in [2.75, 3.05) is 0 Å². The first-order chi connectivity index (χ1) is 6.46. The highest BCUT2D eigenvalue weighted by atomic mass is 15.1. The first-order valence-electron chi connectivity index (χ1n) is 4.80. The Labute approximate surface area is 86.0 Å². The third-order valence-corrected chi connectivity index (χ3v) is 2.12. The molecule has 0 aliphatic rings. The Morgan fingerprint density at radius 1 is 1.43 bits per heavy atom. The van der Waals surface area contributed by atoms with Crippen LogP contribution in [0.1, 0.15) is 32.3 Å². The number of aryl methyl sites for hydroxylation is 1. The lowest BCUT2D eigenvalue weighted by Crippen LogP contribution is -2.15. The lowest BCUT2D eigenvalue weighted by Gasteiger charge is -2.19. The maximum absolute atomic E-state index is 4.31.